The summed E-state index contributed by atoms with van der Waals surface area (Å²) in [5.74, 6) is -1.28. The molecule has 0 bridgehead atoms. The molecule has 1 fully saturated rings. The third kappa shape index (κ3) is 6.00. The molecule has 0 N–H and O–H groups in total. The third-order valence-corrected chi connectivity index (χ3v) is 7.45. The lowest BCUT2D eigenvalue weighted by Gasteiger charge is -2.44. The van der Waals surface area contributed by atoms with Gasteiger partial charge in [-0.05, 0) is 67.7 Å². The van der Waals surface area contributed by atoms with E-state index in [0.29, 0.717) is 51.9 Å². The lowest BCUT2D eigenvalue weighted by atomic mass is 9.73. The van der Waals surface area contributed by atoms with E-state index in [0.717, 1.165) is 43.6 Å². The summed E-state index contributed by atoms with van der Waals surface area (Å²) < 4.78 is 34.3. The van der Waals surface area contributed by atoms with Gasteiger partial charge in [-0.2, -0.15) is 0 Å². The predicted octanol–water partition coefficient (Wildman–Crippen LogP) is 5.23. The van der Waals surface area contributed by atoms with E-state index in [2.05, 4.69) is 6.07 Å². The number of nitrogens with zero attached hydrogens (tertiary/aromatic N) is 2. The second kappa shape index (κ2) is 11.2. The number of benzene rings is 2. The maximum Gasteiger partial charge on any atom is 0.259 e. The molecule has 0 atom stereocenters. The van der Waals surface area contributed by atoms with Crippen LogP contribution in [-0.4, -0.2) is 54.9 Å². The fourth-order valence-corrected chi connectivity index (χ4v) is 5.39. The number of hydrogen-bond acceptors (Lipinski definition) is 3. The summed E-state index contributed by atoms with van der Waals surface area (Å²) in [6.45, 7) is 1.97. The number of aryl methyl sites for hydroxylation is 1. The maximum atomic E-state index is 14.2. The number of piperidine rings is 1. The van der Waals surface area contributed by atoms with Crippen LogP contribution < -0.4 is 4.74 Å². The monoisotopic (exact) mass is 484 g/mol. The number of halogens is 2. The van der Waals surface area contributed by atoms with Gasteiger partial charge in [0.1, 0.15) is 22.9 Å². The molecular formula is C28H34F2N2O3. The Kier molecular flexibility index (Phi) is 8.04. The van der Waals surface area contributed by atoms with Crippen molar-refractivity contribution in [1.29, 1.82) is 0 Å². The van der Waals surface area contributed by atoms with Crippen molar-refractivity contribution in [3.63, 3.8) is 0 Å². The van der Waals surface area contributed by atoms with E-state index in [1.54, 1.807) is 4.90 Å². The van der Waals surface area contributed by atoms with Crippen molar-refractivity contribution in [1.82, 2.24) is 9.80 Å². The molecule has 7 heteroatoms. The highest BCUT2D eigenvalue weighted by Gasteiger charge is 2.38. The lowest BCUT2D eigenvalue weighted by molar-refractivity contribution is -0.132. The van der Waals surface area contributed by atoms with Gasteiger partial charge in [-0.25, -0.2) is 8.78 Å². The van der Waals surface area contributed by atoms with Gasteiger partial charge in [-0.1, -0.05) is 30.7 Å². The number of rotatable bonds is 1. The van der Waals surface area contributed by atoms with Gasteiger partial charge in [0.25, 0.3) is 5.91 Å². The van der Waals surface area contributed by atoms with Crippen molar-refractivity contribution in [3.05, 3.63) is 65.2 Å². The van der Waals surface area contributed by atoms with Crippen LogP contribution in [-0.2, 0) is 11.2 Å². The molecule has 0 aromatic heterocycles. The van der Waals surface area contributed by atoms with Crippen molar-refractivity contribution in [2.24, 2.45) is 5.41 Å². The summed E-state index contributed by atoms with van der Waals surface area (Å²) in [5.41, 5.74) is 0.590. The minimum atomic E-state index is -0.831. The Labute approximate surface area is 206 Å². The first-order valence-corrected chi connectivity index (χ1v) is 12.6. The van der Waals surface area contributed by atoms with Gasteiger partial charge in [0, 0.05) is 33.1 Å². The highest BCUT2D eigenvalue weighted by molar-refractivity contribution is 5.94. The Balaban J connectivity index is 1.46. The van der Waals surface area contributed by atoms with Gasteiger partial charge in [-0.3, -0.25) is 9.59 Å². The number of amides is 2. The normalized spacial score (nSPS) is 19.6. The standard InChI is InChI=1S/C28H34F2N2O3/c1-31-20-28(15-17-32(18-16-28)27(34)26-22(29)10-6-11-23(26)30)14-5-4-9-21-8-2-3-12-24(21)35-19-7-13-25(31)33/h2-3,6,8,10-12H,4-5,7,9,13-20H2,1H3. The molecule has 4 rings (SSSR count). The average molecular weight is 485 g/mol. The van der Waals surface area contributed by atoms with Gasteiger partial charge >= 0.3 is 0 Å². The molecule has 2 aromatic rings. The molecule has 188 valence electrons. The van der Waals surface area contributed by atoms with Crippen LogP contribution >= 0.6 is 0 Å². The molecule has 2 heterocycles. The van der Waals surface area contributed by atoms with E-state index in [4.69, 9.17) is 4.74 Å². The van der Waals surface area contributed by atoms with Crippen molar-refractivity contribution in [2.45, 2.75) is 51.4 Å². The zero-order valence-electron chi connectivity index (χ0n) is 20.4. The predicted molar refractivity (Wildman–Crippen MR) is 130 cm³/mol. The largest absolute Gasteiger partial charge is 0.493 e. The molecule has 5 nitrogen and oxygen atoms in total. The average Bonchev–Trinajstić information content (AvgIpc) is 2.85. The minimum absolute atomic E-state index is 0.0882. The molecule has 0 saturated carbocycles. The highest BCUT2D eigenvalue weighted by Crippen LogP contribution is 2.38. The number of carbonyl (C=O) groups excluding carboxylic acids is 2. The smallest absolute Gasteiger partial charge is 0.259 e. The summed E-state index contributed by atoms with van der Waals surface area (Å²) in [6.07, 6.45) is 6.34. The van der Waals surface area contributed by atoms with Crippen LogP contribution in [0.1, 0.15) is 60.9 Å². The van der Waals surface area contributed by atoms with E-state index >= 15 is 0 Å². The summed E-state index contributed by atoms with van der Waals surface area (Å²) >= 11 is 0. The number of carbonyl (C=O) groups is 2. The molecule has 0 unspecified atom stereocenters. The topological polar surface area (TPSA) is 49.9 Å². The van der Waals surface area contributed by atoms with Crippen LogP contribution in [0.4, 0.5) is 8.78 Å². The Morgan fingerprint density at radius 2 is 1.63 bits per heavy atom. The van der Waals surface area contributed by atoms with E-state index in [1.165, 1.54) is 11.6 Å². The third-order valence-electron chi connectivity index (χ3n) is 7.45. The first kappa shape index (κ1) is 25.1. The quantitative estimate of drug-likeness (QED) is 0.557. The van der Waals surface area contributed by atoms with Crippen molar-refractivity contribution < 1.29 is 23.1 Å². The molecule has 2 aromatic carbocycles. The number of para-hydroxylation sites is 1. The fraction of sp³-hybridized carbons (Fsp3) is 0.500. The maximum absolute atomic E-state index is 14.2. The number of ether oxygens (including phenoxy) is 1. The first-order valence-electron chi connectivity index (χ1n) is 12.6. The molecule has 1 spiro atoms. The Hall–Kier alpha value is -2.96. The van der Waals surface area contributed by atoms with Crippen molar-refractivity contribution in [2.75, 3.05) is 33.3 Å². The second-order valence-electron chi connectivity index (χ2n) is 9.91. The number of fused-ring (bicyclic) bond motifs is 1. The van der Waals surface area contributed by atoms with Crippen LogP contribution in [0.25, 0.3) is 0 Å². The van der Waals surface area contributed by atoms with Gasteiger partial charge < -0.3 is 14.5 Å². The zero-order valence-corrected chi connectivity index (χ0v) is 20.4. The fourth-order valence-electron chi connectivity index (χ4n) is 5.39. The highest BCUT2D eigenvalue weighted by atomic mass is 19.1. The minimum Gasteiger partial charge on any atom is -0.493 e. The SMILES string of the molecule is CN1CC2(CCCCc3ccccc3OCCCC1=O)CCN(C(=O)c1c(F)cccc1F)CC2. The van der Waals surface area contributed by atoms with Crippen LogP contribution in [0, 0.1) is 17.0 Å². The van der Waals surface area contributed by atoms with Crippen LogP contribution in [0.15, 0.2) is 42.5 Å². The lowest BCUT2D eigenvalue weighted by Crippen LogP contribution is -2.48. The molecular weight excluding hydrogens is 450 g/mol. The van der Waals surface area contributed by atoms with Crippen LogP contribution in [0.2, 0.25) is 0 Å². The summed E-state index contributed by atoms with van der Waals surface area (Å²) in [7, 11) is 1.85. The number of hydrogen-bond donors (Lipinski definition) is 0. The van der Waals surface area contributed by atoms with Gasteiger partial charge in [-0.15, -0.1) is 0 Å². The summed E-state index contributed by atoms with van der Waals surface area (Å²) in [4.78, 5) is 29.1. The second-order valence-corrected chi connectivity index (χ2v) is 9.91. The molecule has 1 saturated heterocycles. The molecule has 2 aliphatic rings. The van der Waals surface area contributed by atoms with Gasteiger partial charge in [0.15, 0.2) is 0 Å². The Bertz CT molecular complexity index is 1030. The van der Waals surface area contributed by atoms with Crippen molar-refractivity contribution >= 4 is 11.8 Å². The number of likely N-dealkylation sites (tertiary alicyclic amines) is 1. The molecule has 2 aliphatic heterocycles. The van der Waals surface area contributed by atoms with Gasteiger partial charge in [0.05, 0.1) is 6.61 Å². The Morgan fingerprint density at radius 3 is 2.37 bits per heavy atom. The van der Waals surface area contributed by atoms with Crippen LogP contribution in [0.3, 0.4) is 0 Å². The summed E-state index contributed by atoms with van der Waals surface area (Å²) in [5, 5.41) is 0. The first-order chi connectivity index (χ1) is 16.9. The van der Waals surface area contributed by atoms with Crippen molar-refractivity contribution in [3.8, 4) is 5.75 Å². The Morgan fingerprint density at radius 1 is 0.914 bits per heavy atom. The van der Waals surface area contributed by atoms with E-state index in [-0.39, 0.29) is 11.3 Å². The van der Waals surface area contributed by atoms with Crippen LogP contribution in [0.5, 0.6) is 5.75 Å². The van der Waals surface area contributed by atoms with E-state index < -0.39 is 23.1 Å². The molecule has 0 radical (unpaired) electrons. The van der Waals surface area contributed by atoms with E-state index in [1.807, 2.05) is 30.1 Å². The molecule has 35 heavy (non-hydrogen) atoms. The molecule has 0 aliphatic carbocycles. The van der Waals surface area contributed by atoms with E-state index in [9.17, 15) is 18.4 Å². The van der Waals surface area contributed by atoms with Gasteiger partial charge in [0.2, 0.25) is 5.91 Å². The zero-order chi connectivity index (χ0) is 24.8. The molecule has 2 amide bonds. The summed E-state index contributed by atoms with van der Waals surface area (Å²) in [6, 6.07) is 11.6.